The van der Waals surface area contributed by atoms with Gasteiger partial charge in [-0.3, -0.25) is 0 Å². The molecule has 21 atom stereocenters. The number of ether oxygens (including phenoxy) is 6. The van der Waals surface area contributed by atoms with E-state index in [-0.39, 0.29) is 247 Å². The average Bonchev–Trinajstić information content (AvgIpc) is 3.03. The minimum atomic E-state index is -1.73. The molecule has 0 aromatic rings. The maximum atomic E-state index is 11.4. The van der Waals surface area contributed by atoms with Crippen molar-refractivity contribution in [2.45, 2.75) is 111 Å². The number of rotatable bonds is 17. The first-order chi connectivity index (χ1) is 21.9. The van der Waals surface area contributed by atoms with E-state index in [1.54, 1.807) is 6.08 Å². The molecular formula is C24H47Ac5NO16P5-. The van der Waals surface area contributed by atoms with Crippen LogP contribution in [0.15, 0.2) is 12.7 Å². The van der Waals surface area contributed by atoms with Crippen LogP contribution in [0.3, 0.4) is 0 Å². The molecule has 3 saturated heterocycles. The summed E-state index contributed by atoms with van der Waals surface area (Å²) in [6, 6.07) is -1.38. The topological polar surface area (TPSA) is 226 Å². The van der Waals surface area contributed by atoms with Gasteiger partial charge in [-0.25, -0.2) is 0 Å². The smallest absolute Gasteiger partial charge is 0.187 e. The molecule has 0 spiro atoms. The van der Waals surface area contributed by atoms with E-state index in [1.807, 2.05) is 0 Å². The Morgan fingerprint density at radius 2 is 1.37 bits per heavy atom. The Morgan fingerprint density at radius 3 is 1.88 bits per heavy atom. The van der Waals surface area contributed by atoms with E-state index in [9.17, 15) is 25.5 Å². The van der Waals surface area contributed by atoms with Gasteiger partial charge >= 0.3 is 0 Å². The standard InChI is InChI=1S/C24H47NO16P5.5Ac/c1-3-4-31-22-21(41-46)19(39-44)16(12(35-22)8-33-43)36-23-20(40-45)18(15(30)11(34-23)7-32-42)38-24(2)5-9(27)13(25)17(37-24)14(29)10(28)6-26;;;;;/h3,9-23,25-30H,1,4-8,42-46H2,2H3;;;;;/q-1;;;;;/t9-,10-,11?,12?,13-,14-,15+,16-,17?,18+,19+,20?,21?,22-,23+,24-;;;;;/m1...../s1. The second kappa shape index (κ2) is 33.0. The Morgan fingerprint density at radius 1 is 0.843 bits per heavy atom. The first-order valence-corrected chi connectivity index (χ1v) is 16.6. The van der Waals surface area contributed by atoms with Gasteiger partial charge < -0.3 is 82.3 Å². The second-order valence-corrected chi connectivity index (χ2v) is 12.6. The molecule has 3 fully saturated rings. The summed E-state index contributed by atoms with van der Waals surface area (Å²) in [6.07, 6.45) is -15.4. The molecule has 3 rings (SSSR count). The van der Waals surface area contributed by atoms with Crippen LogP contribution < -0.4 is 0 Å². The minimum Gasteiger partial charge on any atom is -0.670 e. The molecule has 0 bridgehead atoms. The summed E-state index contributed by atoms with van der Waals surface area (Å²) in [5, 5.41) is 52.0. The minimum absolute atomic E-state index is 0. The first-order valence-electron chi connectivity index (χ1n) is 14.2. The summed E-state index contributed by atoms with van der Waals surface area (Å²) >= 11 is 0. The Bertz CT molecular complexity index is 948. The number of hydrogen-bond acceptors (Lipinski definition) is 16. The van der Waals surface area contributed by atoms with Crippen LogP contribution >= 0.6 is 47.3 Å². The molecule has 27 heteroatoms. The van der Waals surface area contributed by atoms with Gasteiger partial charge in [-0.2, -0.15) is 0 Å². The largest absolute Gasteiger partial charge is 0.670 e. The van der Waals surface area contributed by atoms with E-state index >= 15 is 0 Å². The van der Waals surface area contributed by atoms with Crippen LogP contribution in [0.5, 0.6) is 0 Å². The summed E-state index contributed by atoms with van der Waals surface area (Å²) in [5.74, 6) is -1.73. The maximum Gasteiger partial charge on any atom is 0.187 e. The molecule has 3 heterocycles. The van der Waals surface area contributed by atoms with Crippen molar-refractivity contribution in [1.82, 2.24) is 0 Å². The first kappa shape index (κ1) is 63.7. The Labute approximate surface area is 489 Å². The number of aliphatic hydroxyl groups excluding tert-OH is 5. The maximum absolute atomic E-state index is 11.4. The van der Waals surface area contributed by atoms with Crippen molar-refractivity contribution >= 4 is 47.3 Å². The van der Waals surface area contributed by atoms with E-state index in [2.05, 4.69) is 53.9 Å². The average molecular weight is 1900 g/mol. The molecular weight excluding hydrogens is 1850 g/mol. The molecule has 0 aromatic carbocycles. The van der Waals surface area contributed by atoms with Crippen molar-refractivity contribution in [2.75, 3.05) is 26.4 Å². The molecule has 10 unspecified atom stereocenters. The molecule has 0 aliphatic carbocycles. The Kier molecular flexibility index (Phi) is 41.2. The molecule has 3 aliphatic rings. The Balaban J connectivity index is -0.00000461. The summed E-state index contributed by atoms with van der Waals surface area (Å²) in [4.78, 5) is 0. The molecule has 0 saturated carbocycles. The monoisotopic (exact) mass is 1900 g/mol. The van der Waals surface area contributed by atoms with Crippen LogP contribution in [0.2, 0.25) is 0 Å². The summed E-state index contributed by atoms with van der Waals surface area (Å²) in [5.41, 5.74) is 8.30. The second-order valence-electron chi connectivity index (χ2n) is 11.1. The van der Waals surface area contributed by atoms with Gasteiger partial charge in [0.25, 0.3) is 0 Å². The van der Waals surface area contributed by atoms with Gasteiger partial charge in [0, 0.05) is 280 Å². The molecule has 0 amide bonds. The fraction of sp³-hybridized carbons (Fsp3) is 0.917. The van der Waals surface area contributed by atoms with Crippen LogP contribution in [0.1, 0.15) is 13.3 Å². The van der Waals surface area contributed by atoms with Crippen molar-refractivity contribution in [3.63, 3.8) is 0 Å². The predicted octanol–water partition coefficient (Wildman–Crippen LogP) is -1.09. The van der Waals surface area contributed by atoms with Gasteiger partial charge in [-0.1, -0.05) is 12.1 Å². The predicted molar refractivity (Wildman–Crippen MR) is 175 cm³/mol. The van der Waals surface area contributed by atoms with Gasteiger partial charge in [0.05, 0.1) is 32.5 Å². The Hall–Kier alpha value is 8.42. The van der Waals surface area contributed by atoms with Crippen LogP contribution in [0.25, 0.3) is 5.73 Å². The number of hydrogen-bond donors (Lipinski definition) is 5. The van der Waals surface area contributed by atoms with Crippen molar-refractivity contribution in [3.8, 4) is 0 Å². The van der Waals surface area contributed by atoms with E-state index in [0.717, 1.165) is 0 Å². The van der Waals surface area contributed by atoms with Gasteiger partial charge in [0.15, 0.2) is 18.4 Å². The molecule has 5 radical (unpaired) electrons. The zero-order chi connectivity index (χ0) is 34.2. The van der Waals surface area contributed by atoms with Crippen LogP contribution in [-0.2, 0) is 51.0 Å². The molecule has 51 heavy (non-hydrogen) atoms. The molecule has 0 aromatic heterocycles. The summed E-state index contributed by atoms with van der Waals surface area (Å²) in [6.45, 7) is 4.33. The van der Waals surface area contributed by atoms with E-state index in [0.29, 0.717) is 0 Å². The number of aliphatic hydroxyl groups is 5. The van der Waals surface area contributed by atoms with Crippen molar-refractivity contribution < 1.29 is 297 Å². The van der Waals surface area contributed by atoms with E-state index < -0.39 is 104 Å². The zero-order valence-corrected chi connectivity index (χ0v) is 57.5. The summed E-state index contributed by atoms with van der Waals surface area (Å²) in [7, 11) is 10.6. The third kappa shape index (κ3) is 18.1. The fourth-order valence-corrected chi connectivity index (χ4v) is 6.90. The third-order valence-electron chi connectivity index (χ3n) is 7.91. The summed E-state index contributed by atoms with van der Waals surface area (Å²) < 4.78 is 64.2. The third-order valence-corrected chi connectivity index (χ3v) is 9.24. The molecule has 17 nitrogen and oxygen atoms in total. The van der Waals surface area contributed by atoms with Gasteiger partial charge in [-0.05, 0) is 6.92 Å². The van der Waals surface area contributed by atoms with Crippen LogP contribution in [0, 0.1) is 220 Å². The van der Waals surface area contributed by atoms with Crippen molar-refractivity contribution in [1.29, 1.82) is 0 Å². The van der Waals surface area contributed by atoms with Crippen molar-refractivity contribution in [2.24, 2.45) is 0 Å². The van der Waals surface area contributed by atoms with Gasteiger partial charge in [-0.15, -0.1) is 6.58 Å². The molecule has 6 N–H and O–H groups in total. The van der Waals surface area contributed by atoms with Crippen LogP contribution in [0.4, 0.5) is 0 Å². The molecule has 3 aliphatic heterocycles. The van der Waals surface area contributed by atoms with E-state index in [1.165, 1.54) is 6.92 Å². The SMILES string of the molecule is C=CCO[C@@H]1OC(COP)[C@@H](O[C@@H]2OC(COP)[C@H](O)[C@H](O[C@]3(C)C[C@@H](O)[C@@H]([NH-])C([C@H](O)[C@H](O)CO)O3)C2OP)[C@H](OP)C1OP.[Ac].[Ac].[Ac].[Ac].[Ac]. The van der Waals surface area contributed by atoms with Crippen molar-refractivity contribution in [3.05, 3.63) is 18.4 Å². The van der Waals surface area contributed by atoms with Crippen LogP contribution in [-0.4, -0.2) is 150 Å². The quantitative estimate of drug-likeness (QED) is 0.0862. The van der Waals surface area contributed by atoms with E-state index in [4.69, 9.17) is 56.8 Å². The number of nitrogens with one attached hydrogen (secondary N) is 1. The van der Waals surface area contributed by atoms with Gasteiger partial charge in [0.1, 0.15) is 61.0 Å². The normalized spacial score (nSPS) is 39.0. The van der Waals surface area contributed by atoms with Gasteiger partial charge in [0.2, 0.25) is 0 Å². The zero-order valence-electron chi connectivity index (χ0n) is 28.0. The fourth-order valence-electron chi connectivity index (χ4n) is 5.64. The molecule has 285 valence electrons.